The number of hydrogen-bond donors (Lipinski definition) is 3. The maximum atomic E-state index is 13.8. The second-order valence-corrected chi connectivity index (χ2v) is 16.0. The van der Waals surface area contributed by atoms with Gasteiger partial charge in [0.1, 0.15) is 21.8 Å². The predicted molar refractivity (Wildman–Crippen MR) is 209 cm³/mol. The highest BCUT2D eigenvalue weighted by molar-refractivity contribution is 7.98. The lowest BCUT2D eigenvalue weighted by molar-refractivity contribution is -0.128. The second kappa shape index (κ2) is 16.7. The van der Waals surface area contributed by atoms with Gasteiger partial charge in [0.25, 0.3) is 15.9 Å². The van der Waals surface area contributed by atoms with Crippen molar-refractivity contribution in [2.24, 2.45) is 0 Å². The Morgan fingerprint density at radius 2 is 1.68 bits per heavy atom. The molecule has 6 rings (SSSR count). The highest BCUT2D eigenvalue weighted by atomic mass is 35.5. The Morgan fingerprint density at radius 1 is 0.943 bits per heavy atom. The minimum atomic E-state index is -4.16. The molecule has 14 heteroatoms. The van der Waals surface area contributed by atoms with Gasteiger partial charge in [-0.15, -0.1) is 11.3 Å². The average molecular weight is 785 g/mol. The average Bonchev–Trinajstić information content (AvgIpc) is 3.68. The third kappa shape index (κ3) is 9.31. The van der Waals surface area contributed by atoms with Crippen LogP contribution in [-0.2, 0) is 21.2 Å². The molecular weight excluding hydrogens is 752 g/mol. The smallest absolute Gasteiger partial charge is 0.271 e. The number of thiophene rings is 1. The van der Waals surface area contributed by atoms with Crippen LogP contribution in [-0.4, -0.2) is 53.6 Å². The summed E-state index contributed by atoms with van der Waals surface area (Å²) in [6.45, 7) is 1.33. The molecule has 0 fully saturated rings. The zero-order chi connectivity index (χ0) is 37.5. The minimum Gasteiger partial charge on any atom is -0.457 e. The molecule has 53 heavy (non-hydrogen) atoms. The van der Waals surface area contributed by atoms with E-state index in [4.69, 9.17) is 16.3 Å². The van der Waals surface area contributed by atoms with E-state index in [9.17, 15) is 23.1 Å². The first-order valence-corrected chi connectivity index (χ1v) is 20.1. The number of para-hydroxylation sites is 2. The molecule has 10 nitrogen and oxygen atoms in total. The number of carbonyl (C=O) groups is 2. The van der Waals surface area contributed by atoms with Crippen LogP contribution in [0.2, 0.25) is 5.02 Å². The van der Waals surface area contributed by atoms with Gasteiger partial charge in [0.2, 0.25) is 0 Å². The molecule has 4 aromatic carbocycles. The summed E-state index contributed by atoms with van der Waals surface area (Å²) in [5.41, 5.74) is 2.88. The number of anilines is 1. The Morgan fingerprint density at radius 3 is 2.42 bits per heavy atom. The number of ether oxygens (including phenoxy) is 1. The fraction of sp³-hybridized carbons (Fsp3) is 0.128. The van der Waals surface area contributed by atoms with Crippen molar-refractivity contribution in [1.29, 1.82) is 0 Å². The summed E-state index contributed by atoms with van der Waals surface area (Å²) in [6.07, 6.45) is 2.12. The Kier molecular flexibility index (Phi) is 11.9. The number of aromatic nitrogens is 2. The van der Waals surface area contributed by atoms with E-state index in [1.54, 1.807) is 18.3 Å². The number of hydrogen-bond acceptors (Lipinski definition) is 10. The molecule has 2 aromatic heterocycles. The molecule has 3 N–H and O–H groups in total. The summed E-state index contributed by atoms with van der Waals surface area (Å²) < 4.78 is 35.7. The Bertz CT molecular complexity index is 2350. The normalized spacial score (nSPS) is 12.5. The summed E-state index contributed by atoms with van der Waals surface area (Å²) in [5.74, 6) is -0.00536. The molecule has 2 atom stereocenters. The molecule has 0 aliphatic rings. The molecule has 6 aromatic rings. The molecule has 270 valence electrons. The fourth-order valence-corrected chi connectivity index (χ4v) is 8.27. The molecule has 1 unspecified atom stereocenters. The largest absolute Gasteiger partial charge is 0.457 e. The topological polar surface area (TPSA) is 148 Å². The molecule has 0 radical (unpaired) electrons. The molecule has 1 amide bonds. The van der Waals surface area contributed by atoms with Crippen LogP contribution in [0.4, 0.5) is 5.69 Å². The lowest BCUT2D eigenvalue weighted by atomic mass is 9.96. The first-order chi connectivity index (χ1) is 25.5. The van der Waals surface area contributed by atoms with E-state index in [2.05, 4.69) is 20.0 Å². The van der Waals surface area contributed by atoms with Crippen molar-refractivity contribution < 1.29 is 27.9 Å². The van der Waals surface area contributed by atoms with Gasteiger partial charge in [0.05, 0.1) is 27.9 Å². The molecule has 0 saturated carbocycles. The summed E-state index contributed by atoms with van der Waals surface area (Å²) in [5, 5.41) is 13.7. The minimum absolute atomic E-state index is 0.00187. The van der Waals surface area contributed by atoms with Crippen LogP contribution < -0.4 is 14.8 Å². The molecule has 0 aliphatic carbocycles. The van der Waals surface area contributed by atoms with E-state index in [0.717, 1.165) is 22.5 Å². The fourth-order valence-electron chi connectivity index (χ4n) is 5.38. The van der Waals surface area contributed by atoms with Crippen molar-refractivity contribution in [3.63, 3.8) is 0 Å². The van der Waals surface area contributed by atoms with E-state index < -0.39 is 33.9 Å². The van der Waals surface area contributed by atoms with Crippen molar-refractivity contribution in [1.82, 2.24) is 15.3 Å². The monoisotopic (exact) mass is 784 g/mol. The van der Waals surface area contributed by atoms with Gasteiger partial charge in [-0.05, 0) is 85.3 Å². The number of halogens is 1. The zero-order valence-electron chi connectivity index (χ0n) is 28.4. The van der Waals surface area contributed by atoms with Gasteiger partial charge in [0, 0.05) is 16.8 Å². The number of rotatable bonds is 14. The van der Waals surface area contributed by atoms with Crippen molar-refractivity contribution in [3.8, 4) is 33.2 Å². The number of ketones is 1. The quantitative estimate of drug-likeness (QED) is 0.0736. The van der Waals surface area contributed by atoms with Gasteiger partial charge in [-0.1, -0.05) is 84.0 Å². The van der Waals surface area contributed by atoms with Crippen LogP contribution in [0.25, 0.3) is 21.7 Å². The second-order valence-electron chi connectivity index (χ2n) is 11.8. The van der Waals surface area contributed by atoms with Crippen molar-refractivity contribution in [2.75, 3.05) is 11.0 Å². The summed E-state index contributed by atoms with van der Waals surface area (Å²) >= 11 is 8.64. The number of aliphatic hydroxyl groups is 1. The number of sulfonamides is 1. The molecule has 0 spiro atoms. The Labute approximate surface area is 320 Å². The maximum absolute atomic E-state index is 13.8. The lowest BCUT2D eigenvalue weighted by Gasteiger charge is -2.21. The third-order valence-electron chi connectivity index (χ3n) is 8.01. The van der Waals surface area contributed by atoms with E-state index in [1.807, 2.05) is 85.1 Å². The molecule has 0 bridgehead atoms. The van der Waals surface area contributed by atoms with E-state index in [1.165, 1.54) is 43.0 Å². The number of nitrogens with zero attached hydrogens (tertiary/aromatic N) is 2. The zero-order valence-corrected chi connectivity index (χ0v) is 31.6. The number of thioether (sulfide) groups is 1. The van der Waals surface area contributed by atoms with Gasteiger partial charge in [-0.3, -0.25) is 14.3 Å². The van der Waals surface area contributed by atoms with Gasteiger partial charge in [0.15, 0.2) is 10.9 Å². The number of carbonyl (C=O) groups excluding carboxylic acids is 2. The van der Waals surface area contributed by atoms with Gasteiger partial charge < -0.3 is 15.2 Å². The molecule has 0 aliphatic heterocycles. The van der Waals surface area contributed by atoms with Crippen LogP contribution in [0, 0.1) is 0 Å². The van der Waals surface area contributed by atoms with Crippen molar-refractivity contribution in [2.45, 2.75) is 34.9 Å². The number of amides is 1. The van der Waals surface area contributed by atoms with Gasteiger partial charge >= 0.3 is 0 Å². The van der Waals surface area contributed by atoms with Crippen LogP contribution in [0.15, 0.2) is 131 Å². The lowest BCUT2D eigenvalue weighted by Crippen LogP contribution is -2.46. The highest BCUT2D eigenvalue weighted by Gasteiger charge is 2.28. The number of aliphatic hydroxyl groups excluding tert-OH is 1. The Balaban J connectivity index is 1.21. The summed E-state index contributed by atoms with van der Waals surface area (Å²) in [6, 6.07) is 32.3. The third-order valence-corrected chi connectivity index (χ3v) is 11.8. The molecule has 0 saturated heterocycles. The number of benzene rings is 4. The number of nitrogens with one attached hydrogen (secondary N) is 2. The van der Waals surface area contributed by atoms with Gasteiger partial charge in [-0.25, -0.2) is 18.4 Å². The van der Waals surface area contributed by atoms with Crippen LogP contribution in [0.5, 0.6) is 11.5 Å². The summed E-state index contributed by atoms with van der Waals surface area (Å²) in [4.78, 5) is 36.2. The van der Waals surface area contributed by atoms with E-state index in [0.29, 0.717) is 32.8 Å². The molecule has 2 heterocycles. The first kappa shape index (κ1) is 37.7. The van der Waals surface area contributed by atoms with Crippen molar-refractivity contribution >= 4 is 62.1 Å². The van der Waals surface area contributed by atoms with Crippen LogP contribution >= 0.6 is 34.7 Å². The van der Waals surface area contributed by atoms with Crippen molar-refractivity contribution in [3.05, 3.63) is 138 Å². The Hall–Kier alpha value is -5.05. The molecular formula is C39H33ClN4O6S3. The van der Waals surface area contributed by atoms with E-state index >= 15 is 0 Å². The predicted octanol–water partition coefficient (Wildman–Crippen LogP) is 8.13. The summed E-state index contributed by atoms with van der Waals surface area (Å²) in [7, 11) is -4.16. The highest BCUT2D eigenvalue weighted by Crippen LogP contribution is 2.34. The SMILES string of the molecule is CSc1nccc(-c2ccc(S(=O)(=O)Nc3ccc(Cl)cc3C(=O)N[C@@H](Cc3ccc(-c4ccccc4Oc4ccccc4)cc3)C(=O)C(C)O)s2)n1. The first-order valence-electron chi connectivity index (χ1n) is 16.2. The number of Topliss-reactive ketones (excluding diaryl/α,β-unsaturated/α-hetero) is 1. The van der Waals surface area contributed by atoms with Crippen LogP contribution in [0.3, 0.4) is 0 Å². The standard InChI is InChI=1S/C39H33ClN4O6S3/c1-24(45)37(46)33(22-25-12-14-26(15-13-25)29-10-6-7-11-34(29)50-28-8-4-3-5-9-28)42-38(47)30-23-27(40)16-17-31(30)44-53(48,49)36-19-18-35(52-36)32-20-21-41-39(43-32)51-2/h3-21,23-24,33,44-45H,22H2,1-2H3,(H,42,47)/t24?,33-/m0/s1. The maximum Gasteiger partial charge on any atom is 0.271 e. The van der Waals surface area contributed by atoms with E-state index in [-0.39, 0.29) is 26.9 Å². The van der Waals surface area contributed by atoms with Crippen LogP contribution in [0.1, 0.15) is 22.8 Å². The van der Waals surface area contributed by atoms with Gasteiger partial charge in [-0.2, -0.15) is 0 Å².